The van der Waals surface area contributed by atoms with Gasteiger partial charge in [-0.15, -0.1) is 0 Å². The van der Waals surface area contributed by atoms with Gasteiger partial charge in [0, 0.05) is 19.3 Å². The zero-order valence-corrected chi connectivity index (χ0v) is 46.3. The van der Waals surface area contributed by atoms with Gasteiger partial charge >= 0.3 is 17.9 Å². The summed E-state index contributed by atoms with van der Waals surface area (Å²) in [6.07, 6.45) is 74.7. The first-order valence-electron chi connectivity index (χ1n) is 29.9. The number of esters is 3. The van der Waals surface area contributed by atoms with Crippen LogP contribution in [0, 0.1) is 0 Å². The molecule has 0 N–H and O–H groups in total. The molecule has 0 amide bonds. The summed E-state index contributed by atoms with van der Waals surface area (Å²) in [6, 6.07) is 0. The first-order valence-corrected chi connectivity index (χ1v) is 29.9. The molecule has 0 saturated carbocycles. The van der Waals surface area contributed by atoms with Crippen LogP contribution in [0.15, 0.2) is 72.9 Å². The lowest BCUT2D eigenvalue weighted by atomic mass is 10.1. The van der Waals surface area contributed by atoms with E-state index in [1.165, 1.54) is 167 Å². The molecule has 0 aliphatic heterocycles. The fourth-order valence-corrected chi connectivity index (χ4v) is 8.42. The van der Waals surface area contributed by atoms with Gasteiger partial charge < -0.3 is 14.2 Å². The second-order valence-corrected chi connectivity index (χ2v) is 19.9. The summed E-state index contributed by atoms with van der Waals surface area (Å²) in [4.78, 5) is 38.2. The van der Waals surface area contributed by atoms with E-state index >= 15 is 0 Å². The molecule has 70 heavy (non-hydrogen) atoms. The van der Waals surface area contributed by atoms with Crippen LogP contribution in [-0.2, 0) is 28.6 Å². The van der Waals surface area contributed by atoms with Crippen molar-refractivity contribution >= 4 is 17.9 Å². The number of carbonyl (C=O) groups excluding carboxylic acids is 3. The number of ether oxygens (including phenoxy) is 3. The zero-order chi connectivity index (χ0) is 50.7. The van der Waals surface area contributed by atoms with Crippen LogP contribution in [0.25, 0.3) is 0 Å². The van der Waals surface area contributed by atoms with Crippen molar-refractivity contribution in [3.63, 3.8) is 0 Å². The quantitative estimate of drug-likeness (QED) is 0.0261. The Bertz CT molecular complexity index is 1310. The van der Waals surface area contributed by atoms with Crippen LogP contribution in [-0.4, -0.2) is 37.2 Å². The molecule has 0 fully saturated rings. The average molecular weight is 978 g/mol. The monoisotopic (exact) mass is 977 g/mol. The standard InChI is InChI=1S/C64H112O6/c1-4-7-10-13-16-19-22-25-27-29-30-31-32-33-34-36-37-39-42-45-48-51-54-57-63(66)69-60-61(59-68-62(65)56-53-50-47-44-41-24-21-18-15-12-9-6-3)70-64(67)58-55-52-49-46-43-40-38-35-28-26-23-20-17-14-11-8-5-2/h7,10,16,18-19,21,25-28,30-31,61H,4-6,8-9,11-15,17,20,22-24,29,32-60H2,1-3H3/b10-7-,19-16-,21-18-,27-25-,28-26-,31-30-. The van der Waals surface area contributed by atoms with Crippen LogP contribution < -0.4 is 0 Å². The first-order chi connectivity index (χ1) is 34.5. The van der Waals surface area contributed by atoms with Gasteiger partial charge in [-0.3, -0.25) is 14.4 Å². The second kappa shape index (κ2) is 58.4. The third-order valence-corrected chi connectivity index (χ3v) is 12.9. The van der Waals surface area contributed by atoms with E-state index in [9.17, 15) is 14.4 Å². The molecule has 0 aliphatic carbocycles. The molecular weight excluding hydrogens is 865 g/mol. The van der Waals surface area contributed by atoms with Crippen LogP contribution in [0.1, 0.15) is 297 Å². The van der Waals surface area contributed by atoms with Crippen molar-refractivity contribution in [2.75, 3.05) is 13.2 Å². The molecule has 1 atom stereocenters. The molecule has 6 heteroatoms. The maximum Gasteiger partial charge on any atom is 0.306 e. The van der Waals surface area contributed by atoms with Crippen molar-refractivity contribution in [3.05, 3.63) is 72.9 Å². The van der Waals surface area contributed by atoms with Crippen molar-refractivity contribution in [1.82, 2.24) is 0 Å². The van der Waals surface area contributed by atoms with Crippen LogP contribution in [0.4, 0.5) is 0 Å². The van der Waals surface area contributed by atoms with E-state index in [0.717, 1.165) is 89.9 Å². The van der Waals surface area contributed by atoms with Crippen molar-refractivity contribution in [2.24, 2.45) is 0 Å². The van der Waals surface area contributed by atoms with Gasteiger partial charge in [-0.25, -0.2) is 0 Å². The summed E-state index contributed by atoms with van der Waals surface area (Å²) in [5, 5.41) is 0. The predicted octanol–water partition coefficient (Wildman–Crippen LogP) is 20.2. The molecule has 404 valence electrons. The van der Waals surface area contributed by atoms with Gasteiger partial charge in [0.15, 0.2) is 6.10 Å². The highest BCUT2D eigenvalue weighted by molar-refractivity contribution is 5.71. The number of carbonyl (C=O) groups is 3. The minimum absolute atomic E-state index is 0.0808. The number of unbranched alkanes of at least 4 members (excludes halogenated alkanes) is 31. The molecule has 0 saturated heterocycles. The van der Waals surface area contributed by atoms with Gasteiger partial charge in [0.1, 0.15) is 13.2 Å². The van der Waals surface area contributed by atoms with E-state index in [2.05, 4.69) is 93.7 Å². The molecule has 0 aromatic heterocycles. The van der Waals surface area contributed by atoms with E-state index in [1.807, 2.05) is 0 Å². The molecule has 0 spiro atoms. The van der Waals surface area contributed by atoms with E-state index in [-0.39, 0.29) is 31.1 Å². The molecule has 0 aromatic rings. The zero-order valence-electron chi connectivity index (χ0n) is 46.3. The van der Waals surface area contributed by atoms with Crippen LogP contribution >= 0.6 is 0 Å². The van der Waals surface area contributed by atoms with Crippen LogP contribution in [0.5, 0.6) is 0 Å². The van der Waals surface area contributed by atoms with Crippen LogP contribution in [0.3, 0.4) is 0 Å². The van der Waals surface area contributed by atoms with Gasteiger partial charge in [0.05, 0.1) is 0 Å². The van der Waals surface area contributed by atoms with Crippen molar-refractivity contribution in [1.29, 1.82) is 0 Å². The summed E-state index contributed by atoms with van der Waals surface area (Å²) in [6.45, 7) is 6.51. The Morgan fingerprint density at radius 2 is 0.557 bits per heavy atom. The van der Waals surface area contributed by atoms with Gasteiger partial charge in [-0.05, 0) is 109 Å². The Labute approximate surface area is 433 Å². The lowest BCUT2D eigenvalue weighted by Crippen LogP contribution is -2.30. The summed E-state index contributed by atoms with van der Waals surface area (Å²) in [5.74, 6) is -0.888. The Morgan fingerprint density at radius 3 is 0.914 bits per heavy atom. The molecule has 0 bridgehead atoms. The van der Waals surface area contributed by atoms with Gasteiger partial charge in [-0.1, -0.05) is 241 Å². The summed E-state index contributed by atoms with van der Waals surface area (Å²) >= 11 is 0. The number of hydrogen-bond donors (Lipinski definition) is 0. The Kier molecular flexibility index (Phi) is 55.8. The fraction of sp³-hybridized carbons (Fsp3) is 0.766. The molecule has 0 radical (unpaired) electrons. The third-order valence-electron chi connectivity index (χ3n) is 12.9. The average Bonchev–Trinajstić information content (AvgIpc) is 3.36. The summed E-state index contributed by atoms with van der Waals surface area (Å²) in [5.41, 5.74) is 0. The lowest BCUT2D eigenvalue weighted by molar-refractivity contribution is -0.167. The van der Waals surface area contributed by atoms with Crippen molar-refractivity contribution < 1.29 is 28.6 Å². The molecule has 0 aliphatic rings. The highest BCUT2D eigenvalue weighted by Crippen LogP contribution is 2.16. The summed E-state index contributed by atoms with van der Waals surface area (Å²) < 4.78 is 16.9. The van der Waals surface area contributed by atoms with Gasteiger partial charge in [0.25, 0.3) is 0 Å². The van der Waals surface area contributed by atoms with E-state index in [4.69, 9.17) is 14.2 Å². The van der Waals surface area contributed by atoms with E-state index in [1.54, 1.807) is 0 Å². The van der Waals surface area contributed by atoms with Gasteiger partial charge in [0.2, 0.25) is 0 Å². The number of allylic oxidation sites excluding steroid dienone is 12. The minimum atomic E-state index is -0.782. The second-order valence-electron chi connectivity index (χ2n) is 19.9. The Balaban J connectivity index is 4.32. The largest absolute Gasteiger partial charge is 0.462 e. The number of rotatable bonds is 54. The topological polar surface area (TPSA) is 78.9 Å². The molecular formula is C64H112O6. The molecule has 1 unspecified atom stereocenters. The minimum Gasteiger partial charge on any atom is -0.462 e. The molecule has 0 heterocycles. The summed E-state index contributed by atoms with van der Waals surface area (Å²) in [7, 11) is 0. The smallest absolute Gasteiger partial charge is 0.306 e. The van der Waals surface area contributed by atoms with E-state index in [0.29, 0.717) is 19.3 Å². The first kappa shape index (κ1) is 66.9. The highest BCUT2D eigenvalue weighted by Gasteiger charge is 2.19. The maximum atomic E-state index is 12.9. The number of hydrogen-bond acceptors (Lipinski definition) is 6. The molecule has 6 nitrogen and oxygen atoms in total. The van der Waals surface area contributed by atoms with Crippen LogP contribution in [0.2, 0.25) is 0 Å². The van der Waals surface area contributed by atoms with Crippen molar-refractivity contribution in [2.45, 2.75) is 303 Å². The fourth-order valence-electron chi connectivity index (χ4n) is 8.42. The SMILES string of the molecule is CC/C=C\C/C=C\C/C=C\C/C=C\CCCCCCCCCCCCC(=O)OCC(COC(=O)CCCCCCC/C=C\CCCCC)OC(=O)CCCCCCCCC/C=C\CCCCCCCC. The lowest BCUT2D eigenvalue weighted by Gasteiger charge is -2.18. The normalized spacial score (nSPS) is 12.6. The Hall–Kier alpha value is -3.15. The van der Waals surface area contributed by atoms with Crippen molar-refractivity contribution in [3.8, 4) is 0 Å². The van der Waals surface area contributed by atoms with Gasteiger partial charge in [-0.2, -0.15) is 0 Å². The maximum absolute atomic E-state index is 12.9. The highest BCUT2D eigenvalue weighted by atomic mass is 16.6. The van der Waals surface area contributed by atoms with E-state index < -0.39 is 6.10 Å². The third kappa shape index (κ3) is 55.8. The molecule has 0 aromatic carbocycles. The Morgan fingerprint density at radius 1 is 0.300 bits per heavy atom. The predicted molar refractivity (Wildman–Crippen MR) is 302 cm³/mol. The molecule has 0 rings (SSSR count).